The maximum Gasteiger partial charge on any atom is 0.161 e. The minimum atomic E-state index is 0.335. The number of nitrogen functional groups attached to an aromatic ring is 1. The van der Waals surface area contributed by atoms with Crippen LogP contribution in [-0.4, -0.2) is 16.9 Å². The van der Waals surface area contributed by atoms with Crippen LogP contribution in [0.1, 0.15) is 11.4 Å². The van der Waals surface area contributed by atoms with Crippen LogP contribution in [0, 0.1) is 11.3 Å². The largest absolute Gasteiger partial charge is 0.395 e. The topological polar surface area (TPSA) is 76.9 Å². The summed E-state index contributed by atoms with van der Waals surface area (Å²) < 4.78 is 6.30. The van der Waals surface area contributed by atoms with Gasteiger partial charge in [-0.1, -0.05) is 0 Å². The van der Waals surface area contributed by atoms with Gasteiger partial charge in [-0.25, -0.2) is 0 Å². The number of ether oxygens (including phenoxy) is 1. The molecule has 5 heteroatoms. The van der Waals surface area contributed by atoms with E-state index in [0.717, 1.165) is 0 Å². The number of aromatic nitrogens is 2. The Morgan fingerprint density at radius 2 is 2.42 bits per heavy atom. The molecule has 0 amide bonds. The number of nitrogens with zero attached hydrogens (tertiary/aromatic N) is 3. The Balaban J connectivity index is 3.10. The van der Waals surface area contributed by atoms with Gasteiger partial charge in [0, 0.05) is 14.2 Å². The van der Waals surface area contributed by atoms with Gasteiger partial charge in [0.25, 0.3) is 0 Å². The van der Waals surface area contributed by atoms with Crippen LogP contribution >= 0.6 is 0 Å². The van der Waals surface area contributed by atoms with Gasteiger partial charge in [0.1, 0.15) is 11.8 Å². The van der Waals surface area contributed by atoms with E-state index in [2.05, 4.69) is 5.10 Å². The molecule has 2 N–H and O–H groups in total. The Morgan fingerprint density at radius 1 is 1.75 bits per heavy atom. The Morgan fingerprint density at radius 3 is 2.83 bits per heavy atom. The zero-order valence-corrected chi connectivity index (χ0v) is 7.03. The second kappa shape index (κ2) is 3.24. The van der Waals surface area contributed by atoms with Crippen molar-refractivity contribution in [3.05, 3.63) is 11.4 Å². The molecule has 0 aliphatic rings. The fourth-order valence-electron chi connectivity index (χ4n) is 0.972. The van der Waals surface area contributed by atoms with E-state index in [4.69, 9.17) is 15.7 Å². The van der Waals surface area contributed by atoms with E-state index in [-0.39, 0.29) is 0 Å². The van der Waals surface area contributed by atoms with Crippen LogP contribution in [0.25, 0.3) is 0 Å². The summed E-state index contributed by atoms with van der Waals surface area (Å²) >= 11 is 0. The summed E-state index contributed by atoms with van der Waals surface area (Å²) in [4.78, 5) is 0. The molecule has 0 aliphatic carbocycles. The average molecular weight is 166 g/mol. The van der Waals surface area contributed by atoms with Gasteiger partial charge in [-0.2, -0.15) is 10.4 Å². The SMILES string of the molecule is COCc1nn(C)c(C#N)c1N. The van der Waals surface area contributed by atoms with Gasteiger partial charge in [0.15, 0.2) is 5.69 Å². The summed E-state index contributed by atoms with van der Waals surface area (Å²) in [6.07, 6.45) is 0. The van der Waals surface area contributed by atoms with Crippen LogP contribution in [-0.2, 0) is 18.4 Å². The fraction of sp³-hybridized carbons (Fsp3) is 0.429. The minimum absolute atomic E-state index is 0.335. The minimum Gasteiger partial charge on any atom is -0.395 e. The van der Waals surface area contributed by atoms with E-state index in [1.807, 2.05) is 6.07 Å². The van der Waals surface area contributed by atoms with Crippen LogP contribution in [0.5, 0.6) is 0 Å². The maximum atomic E-state index is 8.65. The zero-order chi connectivity index (χ0) is 9.14. The lowest BCUT2D eigenvalue weighted by Gasteiger charge is -1.93. The number of nitriles is 1. The number of hydrogen-bond donors (Lipinski definition) is 1. The molecule has 0 saturated carbocycles. The summed E-state index contributed by atoms with van der Waals surface area (Å²) in [7, 11) is 3.23. The third kappa shape index (κ3) is 1.24. The van der Waals surface area contributed by atoms with Crippen molar-refractivity contribution in [1.29, 1.82) is 5.26 Å². The molecule has 0 saturated heterocycles. The van der Waals surface area contributed by atoms with Crippen molar-refractivity contribution in [3.63, 3.8) is 0 Å². The van der Waals surface area contributed by atoms with E-state index in [1.165, 1.54) is 4.68 Å². The van der Waals surface area contributed by atoms with Crippen molar-refractivity contribution in [3.8, 4) is 6.07 Å². The molecule has 0 radical (unpaired) electrons. The molecule has 1 aromatic heterocycles. The maximum absolute atomic E-state index is 8.65. The van der Waals surface area contributed by atoms with Crippen molar-refractivity contribution in [2.24, 2.45) is 7.05 Å². The van der Waals surface area contributed by atoms with E-state index in [9.17, 15) is 0 Å². The van der Waals surface area contributed by atoms with E-state index in [0.29, 0.717) is 23.7 Å². The van der Waals surface area contributed by atoms with Crippen molar-refractivity contribution < 1.29 is 4.74 Å². The smallest absolute Gasteiger partial charge is 0.161 e. The van der Waals surface area contributed by atoms with Gasteiger partial charge < -0.3 is 10.5 Å². The lowest BCUT2D eigenvalue weighted by molar-refractivity contribution is 0.181. The second-order valence-corrected chi connectivity index (χ2v) is 2.38. The Kier molecular flexibility index (Phi) is 2.31. The van der Waals surface area contributed by atoms with Gasteiger partial charge in [-0.15, -0.1) is 0 Å². The predicted molar refractivity (Wildman–Crippen MR) is 43.0 cm³/mol. The normalized spacial score (nSPS) is 9.75. The number of rotatable bonds is 2. The lowest BCUT2D eigenvalue weighted by Crippen LogP contribution is -1.95. The molecule has 0 bridgehead atoms. The molecule has 0 fully saturated rings. The standard InChI is InChI=1S/C7H10N4O/c1-11-6(3-8)7(9)5(10-11)4-12-2/h4,9H2,1-2H3. The molecule has 12 heavy (non-hydrogen) atoms. The van der Waals surface area contributed by atoms with Gasteiger partial charge in [0.05, 0.1) is 12.3 Å². The number of nitrogens with two attached hydrogens (primary N) is 1. The van der Waals surface area contributed by atoms with Crippen molar-refractivity contribution in [2.75, 3.05) is 12.8 Å². The van der Waals surface area contributed by atoms with Crippen LogP contribution in [0.3, 0.4) is 0 Å². The molecular formula is C7H10N4O. The zero-order valence-electron chi connectivity index (χ0n) is 7.03. The number of hydrogen-bond acceptors (Lipinski definition) is 4. The molecule has 0 spiro atoms. The molecule has 1 rings (SSSR count). The average Bonchev–Trinajstić information content (AvgIpc) is 2.29. The predicted octanol–water partition coefficient (Wildman–Crippen LogP) is 0.0204. The molecule has 5 nitrogen and oxygen atoms in total. The monoisotopic (exact) mass is 166 g/mol. The van der Waals surface area contributed by atoms with Gasteiger partial charge in [-0.05, 0) is 0 Å². The van der Waals surface area contributed by atoms with Gasteiger partial charge in [-0.3, -0.25) is 4.68 Å². The third-order valence-electron chi connectivity index (χ3n) is 1.55. The van der Waals surface area contributed by atoms with Crippen LogP contribution in [0.2, 0.25) is 0 Å². The quantitative estimate of drug-likeness (QED) is 0.671. The van der Waals surface area contributed by atoms with Gasteiger partial charge >= 0.3 is 0 Å². The van der Waals surface area contributed by atoms with E-state index >= 15 is 0 Å². The highest BCUT2D eigenvalue weighted by atomic mass is 16.5. The second-order valence-electron chi connectivity index (χ2n) is 2.38. The summed E-state index contributed by atoms with van der Waals surface area (Å²) in [6.45, 7) is 0.335. The summed E-state index contributed by atoms with van der Waals surface area (Å²) in [6, 6.07) is 1.96. The number of methoxy groups -OCH3 is 1. The fourth-order valence-corrected chi connectivity index (χ4v) is 0.972. The Bertz CT molecular complexity index is 323. The van der Waals surface area contributed by atoms with Crippen molar-refractivity contribution in [2.45, 2.75) is 6.61 Å². The lowest BCUT2D eigenvalue weighted by atomic mass is 10.3. The third-order valence-corrected chi connectivity index (χ3v) is 1.55. The summed E-state index contributed by atoms with van der Waals surface area (Å²) in [5.74, 6) is 0. The highest BCUT2D eigenvalue weighted by Crippen LogP contribution is 2.15. The first-order chi connectivity index (χ1) is 5.70. The molecule has 64 valence electrons. The first-order valence-electron chi connectivity index (χ1n) is 3.41. The highest BCUT2D eigenvalue weighted by Gasteiger charge is 2.11. The summed E-state index contributed by atoms with van der Waals surface area (Å²) in [5, 5.41) is 12.7. The molecular weight excluding hydrogens is 156 g/mol. The molecule has 0 atom stereocenters. The van der Waals surface area contributed by atoms with Crippen molar-refractivity contribution in [1.82, 2.24) is 9.78 Å². The van der Waals surface area contributed by atoms with Crippen LogP contribution in [0.4, 0.5) is 5.69 Å². The summed E-state index contributed by atoms with van der Waals surface area (Å²) in [5.41, 5.74) is 7.00. The number of aryl methyl sites for hydroxylation is 1. The first-order valence-corrected chi connectivity index (χ1v) is 3.41. The Hall–Kier alpha value is -1.54. The van der Waals surface area contributed by atoms with Crippen LogP contribution in [0.15, 0.2) is 0 Å². The number of anilines is 1. The molecule has 1 aromatic rings. The van der Waals surface area contributed by atoms with Gasteiger partial charge in [0.2, 0.25) is 0 Å². The molecule has 1 heterocycles. The molecule has 0 aliphatic heterocycles. The highest BCUT2D eigenvalue weighted by molar-refractivity contribution is 5.53. The Labute approximate surface area is 70.3 Å². The van der Waals surface area contributed by atoms with Crippen LogP contribution < -0.4 is 5.73 Å². The molecule has 0 aromatic carbocycles. The first kappa shape index (κ1) is 8.56. The van der Waals surface area contributed by atoms with E-state index < -0.39 is 0 Å². The van der Waals surface area contributed by atoms with Crippen molar-refractivity contribution >= 4 is 5.69 Å². The molecule has 0 unspecified atom stereocenters. The van der Waals surface area contributed by atoms with E-state index in [1.54, 1.807) is 14.2 Å².